The van der Waals surface area contributed by atoms with Gasteiger partial charge in [0.25, 0.3) is 0 Å². The van der Waals surface area contributed by atoms with Crippen LogP contribution in [0.3, 0.4) is 0 Å². The van der Waals surface area contributed by atoms with E-state index >= 15 is 0 Å². The van der Waals surface area contributed by atoms with Crippen LogP contribution in [0.1, 0.15) is 0 Å². The molecule has 0 heterocycles. The molecule has 0 rings (SSSR count). The first-order chi connectivity index (χ1) is 1.00. The second-order valence-electron chi connectivity index (χ2n) is 0. The molecule has 0 amide bonds. The van der Waals surface area contributed by atoms with Gasteiger partial charge in [0.15, 0.2) is 0 Å². The summed E-state index contributed by atoms with van der Waals surface area (Å²) in [6.45, 7) is 0. The van der Waals surface area contributed by atoms with Crippen LogP contribution < -0.4 is 0 Å². The molecule has 0 aliphatic heterocycles. The number of hydrogen-bond donors (Lipinski definition) is 0. The molecular weight excluding hydrogens is 218 g/mol. The molecule has 26 valence electrons. The molecule has 0 N–H and O–H groups in total. The third-order valence-corrected chi connectivity index (χ3v) is 0. The summed E-state index contributed by atoms with van der Waals surface area (Å²) in [6.07, 6.45) is 2.01. The van der Waals surface area contributed by atoms with Gasteiger partial charge in [-0.1, -0.05) is 0 Å². The molecule has 0 atom stereocenters. The first-order valence-corrected chi connectivity index (χ1v) is 2.42. The Bertz CT molecular complexity index is 8.00. The molecule has 0 fully saturated rings. The Morgan fingerprint density at radius 3 is 1.25 bits per heavy atom. The van der Waals surface area contributed by atoms with E-state index in [9.17, 15) is 0 Å². The summed E-state index contributed by atoms with van der Waals surface area (Å²) in [4.78, 5) is 0. The van der Waals surface area contributed by atoms with Gasteiger partial charge in [-0.05, 0) is 0 Å². The van der Waals surface area contributed by atoms with Crippen LogP contribution in [0.15, 0.2) is 0 Å². The Morgan fingerprint density at radius 1 is 1.25 bits per heavy atom. The van der Waals surface area contributed by atoms with Crippen molar-refractivity contribution in [2.75, 3.05) is 0 Å². The van der Waals surface area contributed by atoms with Gasteiger partial charge >= 0.3 is 25.7 Å². The Morgan fingerprint density at radius 2 is 1.25 bits per heavy atom. The van der Waals surface area contributed by atoms with E-state index < -0.39 is 0 Å². The third-order valence-electron chi connectivity index (χ3n) is 0. The summed E-state index contributed by atoms with van der Waals surface area (Å²) in [7, 11) is 0. The van der Waals surface area contributed by atoms with Gasteiger partial charge in [-0.15, -0.1) is 0 Å². The fourth-order valence-electron chi connectivity index (χ4n) is 0. The predicted octanol–water partition coefficient (Wildman–Crippen LogP) is -0.924. The van der Waals surface area contributed by atoms with Crippen LogP contribution in [0.5, 0.6) is 0 Å². The first kappa shape index (κ1) is 17.1. The normalized spacial score (nSPS) is 1.00. The van der Waals surface area contributed by atoms with Crippen LogP contribution >= 0.6 is 0 Å². The monoisotopic (exact) mass is 222 g/mol. The van der Waals surface area contributed by atoms with E-state index in [1.165, 1.54) is 0 Å². The predicted molar refractivity (Wildman–Crippen MR) is 8.54 cm³/mol. The topological polar surface area (TPSA) is 0 Å². The molecule has 0 saturated heterocycles. The van der Waals surface area contributed by atoms with Crippen LogP contribution in [0.2, 0.25) is 0 Å². The molecule has 0 spiro atoms. The second-order valence-corrected chi connectivity index (χ2v) is 0. The summed E-state index contributed by atoms with van der Waals surface area (Å²) >= 11 is 1.95. The van der Waals surface area contributed by atoms with Crippen molar-refractivity contribution in [3.63, 3.8) is 0 Å². The van der Waals surface area contributed by atoms with Gasteiger partial charge < -0.3 is 0 Å². The van der Waals surface area contributed by atoms with Crippen LogP contribution in [-0.2, 0) is 53.8 Å². The van der Waals surface area contributed by atoms with Crippen LogP contribution in [0.25, 0.3) is 0 Å². The van der Waals surface area contributed by atoms with E-state index in [4.69, 9.17) is 0 Å². The van der Waals surface area contributed by atoms with Crippen molar-refractivity contribution in [3.8, 4) is 0 Å². The van der Waals surface area contributed by atoms with Crippen molar-refractivity contribution in [3.05, 3.63) is 0 Å². The van der Waals surface area contributed by atoms with Gasteiger partial charge in [0.1, 0.15) is 0 Å². The average Bonchev–Trinajstić information content (AvgIpc) is 1.00. The van der Waals surface area contributed by atoms with Gasteiger partial charge in [0.2, 0.25) is 0 Å². The van der Waals surface area contributed by atoms with E-state index in [2.05, 4.69) is 0 Å². The quantitative estimate of drug-likeness (QED) is 0.463. The van der Waals surface area contributed by atoms with E-state index in [0.29, 0.717) is 0 Å². The minimum atomic E-state index is 0. The average molecular weight is 220 g/mol. The maximum Gasteiger partial charge on any atom is 0 e. The zero-order chi connectivity index (χ0) is 2.00. The maximum atomic E-state index is 2.01. The minimum absolute atomic E-state index is 0. The Hall–Kier alpha value is 1.79. The molecule has 0 saturated carbocycles. The van der Waals surface area contributed by atoms with Crippen molar-refractivity contribution in [2.24, 2.45) is 0 Å². The van der Waals surface area contributed by atoms with Crippen LogP contribution in [-0.4, -0.2) is 6.11 Å². The van der Waals surface area contributed by atoms with Crippen molar-refractivity contribution in [1.82, 2.24) is 0 Å². The molecule has 0 bridgehead atoms. The SMILES string of the molecule is [BH2][Mo].[Co].[Cr]. The van der Waals surface area contributed by atoms with Gasteiger partial charge in [-0.25, -0.2) is 0 Å². The Labute approximate surface area is 59.5 Å². The smallest absolute Gasteiger partial charge is 0 e. The molecule has 0 aromatic heterocycles. The molecule has 0 nitrogen and oxygen atoms in total. The van der Waals surface area contributed by atoms with Crippen molar-refractivity contribution in [2.45, 2.75) is 0 Å². The van der Waals surface area contributed by atoms with E-state index in [1.807, 2.05) is 25.7 Å². The molecular formula is H2BCoCrMo. The maximum absolute atomic E-state index is 2.01. The summed E-state index contributed by atoms with van der Waals surface area (Å²) in [5, 5.41) is 0. The van der Waals surface area contributed by atoms with Gasteiger partial charge in [-0.2, -0.15) is 0 Å². The molecule has 0 aliphatic carbocycles. The number of rotatable bonds is 0. The zero-order valence-corrected chi connectivity index (χ0v) is 6.47. The molecule has 0 aromatic rings. The zero-order valence-electron chi connectivity index (χ0n) is 2.15. The molecule has 1 radical (unpaired) electrons. The summed E-state index contributed by atoms with van der Waals surface area (Å²) in [6, 6.07) is 0. The molecule has 0 unspecified atom stereocenters. The van der Waals surface area contributed by atoms with E-state index in [-0.39, 0.29) is 34.1 Å². The molecule has 4 heteroatoms. The number of hydrogen-bond acceptors (Lipinski definition) is 0. The van der Waals surface area contributed by atoms with Crippen molar-refractivity contribution >= 4 is 6.11 Å². The van der Waals surface area contributed by atoms with Crippen LogP contribution in [0, 0.1) is 0 Å². The molecule has 0 aliphatic rings. The third kappa shape index (κ3) is 9.20. The van der Waals surface area contributed by atoms with Gasteiger partial charge in [0.05, 0.1) is 0 Å². The second kappa shape index (κ2) is 21.5. The Kier molecular flexibility index (Phi) is 91.5. The fraction of sp³-hybridized carbons (Fsp3) is 0. The largest absolute Gasteiger partial charge is 0 e. The van der Waals surface area contributed by atoms with Gasteiger partial charge in [0, 0.05) is 34.1 Å². The molecule has 4 heavy (non-hydrogen) atoms. The minimum Gasteiger partial charge on any atom is 0 e. The Balaban J connectivity index is -0.00000000500. The van der Waals surface area contributed by atoms with Crippen molar-refractivity contribution < 1.29 is 53.8 Å². The van der Waals surface area contributed by atoms with Crippen LogP contribution in [0.4, 0.5) is 0 Å². The fourth-order valence-corrected chi connectivity index (χ4v) is 0. The molecule has 0 aromatic carbocycles. The van der Waals surface area contributed by atoms with E-state index in [1.54, 1.807) is 0 Å². The first-order valence-electron chi connectivity index (χ1n) is 0.408. The van der Waals surface area contributed by atoms with E-state index in [0.717, 1.165) is 0 Å². The van der Waals surface area contributed by atoms with Crippen molar-refractivity contribution in [1.29, 1.82) is 0 Å². The summed E-state index contributed by atoms with van der Waals surface area (Å²) in [5.41, 5.74) is 0. The summed E-state index contributed by atoms with van der Waals surface area (Å²) in [5.74, 6) is 0. The summed E-state index contributed by atoms with van der Waals surface area (Å²) < 4.78 is 0. The van der Waals surface area contributed by atoms with Gasteiger partial charge in [-0.3, -0.25) is 0 Å². The standard InChI is InChI=1S/BH2.Co.Cr.Mo/h1H2;;;/q+1;;;-1.